The molecule has 1 rings (SSSR count). The number of halogens is 1. The van der Waals surface area contributed by atoms with E-state index in [0.29, 0.717) is 23.2 Å². The largest absolute Gasteiger partial charge is 0.482 e. The molecule has 102 valence electrons. The van der Waals surface area contributed by atoms with E-state index < -0.39 is 0 Å². The minimum atomic E-state index is -0.204. The summed E-state index contributed by atoms with van der Waals surface area (Å²) in [6, 6.07) is 6.86. The van der Waals surface area contributed by atoms with Crippen LogP contribution in [0.3, 0.4) is 0 Å². The highest BCUT2D eigenvalue weighted by atomic mass is 35.5. The van der Waals surface area contributed by atoms with Crippen molar-refractivity contribution >= 4 is 17.5 Å². The van der Waals surface area contributed by atoms with E-state index in [4.69, 9.17) is 21.6 Å². The Hall–Kier alpha value is -1.73. The summed E-state index contributed by atoms with van der Waals surface area (Å²) in [5.74, 6) is 0.665. The van der Waals surface area contributed by atoms with Crippen molar-refractivity contribution in [2.45, 2.75) is 20.3 Å². The van der Waals surface area contributed by atoms with Gasteiger partial charge < -0.3 is 10.1 Å². The van der Waals surface area contributed by atoms with Gasteiger partial charge in [0.05, 0.1) is 5.02 Å². The van der Waals surface area contributed by atoms with Crippen molar-refractivity contribution in [2.75, 3.05) is 13.2 Å². The second-order valence-electron chi connectivity index (χ2n) is 4.55. The van der Waals surface area contributed by atoms with Crippen molar-refractivity contribution < 1.29 is 9.53 Å². The number of benzene rings is 1. The number of carbonyl (C=O) groups is 1. The number of nitrogens with one attached hydrogen (secondary N) is 1. The quantitative estimate of drug-likeness (QED) is 0.871. The number of carbonyl (C=O) groups excluding carboxylic acids is 1. The lowest BCUT2D eigenvalue weighted by Gasteiger charge is -2.10. The molecule has 0 spiro atoms. The first-order valence-electron chi connectivity index (χ1n) is 6.12. The first kappa shape index (κ1) is 15.3. The first-order chi connectivity index (χ1) is 9.04. The van der Waals surface area contributed by atoms with E-state index in [1.807, 2.05) is 6.07 Å². The molecule has 1 amide bonds. The number of ether oxygens (including phenoxy) is 1. The maximum absolute atomic E-state index is 11.5. The normalized spacial score (nSPS) is 10.1. The van der Waals surface area contributed by atoms with Crippen molar-refractivity contribution in [1.82, 2.24) is 5.32 Å². The SMILES string of the molecule is CC(C)CCNC(=O)COc1cccc(Cl)c1C#N. The molecule has 0 radical (unpaired) electrons. The van der Waals surface area contributed by atoms with Crippen LogP contribution in [0.4, 0.5) is 0 Å². The molecule has 19 heavy (non-hydrogen) atoms. The van der Waals surface area contributed by atoms with Crippen molar-refractivity contribution in [3.8, 4) is 11.8 Å². The lowest BCUT2D eigenvalue weighted by atomic mass is 10.1. The summed E-state index contributed by atoms with van der Waals surface area (Å²) in [6.45, 7) is 4.69. The van der Waals surface area contributed by atoms with E-state index in [0.717, 1.165) is 6.42 Å². The van der Waals surface area contributed by atoms with E-state index in [1.54, 1.807) is 18.2 Å². The van der Waals surface area contributed by atoms with Gasteiger partial charge in [-0.05, 0) is 24.5 Å². The number of nitrogens with zero attached hydrogens (tertiary/aromatic N) is 1. The van der Waals surface area contributed by atoms with Crippen LogP contribution in [0.5, 0.6) is 5.75 Å². The Bertz CT molecular complexity index is 481. The smallest absolute Gasteiger partial charge is 0.257 e. The van der Waals surface area contributed by atoms with Crippen LogP contribution in [0.15, 0.2) is 18.2 Å². The molecule has 0 aliphatic carbocycles. The predicted molar refractivity (Wildman–Crippen MR) is 74.1 cm³/mol. The van der Waals surface area contributed by atoms with E-state index >= 15 is 0 Å². The van der Waals surface area contributed by atoms with Gasteiger partial charge in [-0.25, -0.2) is 0 Å². The molecule has 1 aromatic rings. The van der Waals surface area contributed by atoms with E-state index in [9.17, 15) is 4.79 Å². The third-order valence-corrected chi connectivity index (χ3v) is 2.80. The van der Waals surface area contributed by atoms with Crippen LogP contribution in [0.1, 0.15) is 25.8 Å². The Morgan fingerprint density at radius 1 is 1.53 bits per heavy atom. The van der Waals surface area contributed by atoms with Crippen LogP contribution in [0, 0.1) is 17.2 Å². The summed E-state index contributed by atoms with van der Waals surface area (Å²) >= 11 is 5.86. The van der Waals surface area contributed by atoms with E-state index in [-0.39, 0.29) is 18.1 Å². The highest BCUT2D eigenvalue weighted by Crippen LogP contribution is 2.25. The maximum atomic E-state index is 11.5. The topological polar surface area (TPSA) is 62.1 Å². The molecule has 0 fully saturated rings. The van der Waals surface area contributed by atoms with Crippen molar-refractivity contribution in [3.05, 3.63) is 28.8 Å². The lowest BCUT2D eigenvalue weighted by molar-refractivity contribution is -0.123. The zero-order valence-electron chi connectivity index (χ0n) is 11.1. The molecule has 0 saturated heterocycles. The second kappa shape index (κ2) is 7.65. The van der Waals surface area contributed by atoms with Gasteiger partial charge in [0, 0.05) is 6.54 Å². The third-order valence-electron chi connectivity index (χ3n) is 2.49. The zero-order valence-corrected chi connectivity index (χ0v) is 11.8. The summed E-state index contributed by atoms with van der Waals surface area (Å²) in [5.41, 5.74) is 0.249. The molecule has 4 nitrogen and oxygen atoms in total. The minimum Gasteiger partial charge on any atom is -0.482 e. The average molecular weight is 281 g/mol. The summed E-state index contributed by atoms with van der Waals surface area (Å²) in [6.07, 6.45) is 0.923. The Morgan fingerprint density at radius 3 is 2.89 bits per heavy atom. The Balaban J connectivity index is 2.47. The van der Waals surface area contributed by atoms with Gasteiger partial charge in [-0.15, -0.1) is 0 Å². The molecule has 0 aliphatic heterocycles. The fourth-order valence-electron chi connectivity index (χ4n) is 1.43. The summed E-state index contributed by atoms with van der Waals surface area (Å²) in [5, 5.41) is 12.0. The molecular weight excluding hydrogens is 264 g/mol. The fraction of sp³-hybridized carbons (Fsp3) is 0.429. The van der Waals surface area contributed by atoms with Gasteiger partial charge in [0.1, 0.15) is 17.4 Å². The first-order valence-corrected chi connectivity index (χ1v) is 6.50. The van der Waals surface area contributed by atoms with Crippen molar-refractivity contribution in [2.24, 2.45) is 5.92 Å². The zero-order chi connectivity index (χ0) is 14.3. The molecule has 0 unspecified atom stereocenters. The Morgan fingerprint density at radius 2 is 2.26 bits per heavy atom. The second-order valence-corrected chi connectivity index (χ2v) is 4.95. The molecule has 0 bridgehead atoms. The standard InChI is InChI=1S/C14H17ClN2O2/c1-10(2)6-7-17-14(18)9-19-13-5-3-4-12(15)11(13)8-16/h3-5,10H,6-7,9H2,1-2H3,(H,17,18). The molecule has 0 aliphatic rings. The van der Waals surface area contributed by atoms with Gasteiger partial charge in [-0.1, -0.05) is 31.5 Å². The highest BCUT2D eigenvalue weighted by Gasteiger charge is 2.09. The van der Waals surface area contributed by atoms with Crippen molar-refractivity contribution in [3.63, 3.8) is 0 Å². The van der Waals surface area contributed by atoms with Crippen molar-refractivity contribution in [1.29, 1.82) is 5.26 Å². The Labute approximate surface area is 118 Å². The predicted octanol–water partition coefficient (Wildman–Crippen LogP) is 2.75. The Kier molecular flexibility index (Phi) is 6.17. The molecule has 0 saturated carbocycles. The molecule has 1 N–H and O–H groups in total. The van der Waals surface area contributed by atoms with E-state index in [1.165, 1.54) is 0 Å². The molecule has 0 atom stereocenters. The molecule has 0 heterocycles. The van der Waals surface area contributed by atoms with Gasteiger partial charge in [0.2, 0.25) is 0 Å². The highest BCUT2D eigenvalue weighted by molar-refractivity contribution is 6.31. The van der Waals surface area contributed by atoms with Crippen LogP contribution < -0.4 is 10.1 Å². The summed E-state index contributed by atoms with van der Waals surface area (Å²) in [7, 11) is 0. The van der Waals surface area contributed by atoms with Crippen LogP contribution in [0.25, 0.3) is 0 Å². The maximum Gasteiger partial charge on any atom is 0.257 e. The third kappa shape index (κ3) is 5.19. The van der Waals surface area contributed by atoms with Crippen LogP contribution in [-0.2, 0) is 4.79 Å². The number of hydrogen-bond donors (Lipinski definition) is 1. The average Bonchev–Trinajstić information content (AvgIpc) is 2.36. The van der Waals surface area contributed by atoms with Gasteiger partial charge in [0.15, 0.2) is 6.61 Å². The lowest BCUT2D eigenvalue weighted by Crippen LogP contribution is -2.30. The number of hydrogen-bond acceptors (Lipinski definition) is 3. The summed E-state index contributed by atoms with van der Waals surface area (Å²) < 4.78 is 5.31. The fourth-order valence-corrected chi connectivity index (χ4v) is 1.64. The number of rotatable bonds is 6. The molecule has 1 aromatic carbocycles. The van der Waals surface area contributed by atoms with Gasteiger partial charge >= 0.3 is 0 Å². The molecule has 5 heteroatoms. The van der Waals surface area contributed by atoms with Crippen LogP contribution >= 0.6 is 11.6 Å². The summed E-state index contributed by atoms with van der Waals surface area (Å²) in [4.78, 5) is 11.5. The van der Waals surface area contributed by atoms with Gasteiger partial charge in [-0.3, -0.25) is 4.79 Å². The van der Waals surface area contributed by atoms with Gasteiger partial charge in [-0.2, -0.15) is 5.26 Å². The molecule has 0 aromatic heterocycles. The van der Waals surface area contributed by atoms with Gasteiger partial charge in [0.25, 0.3) is 5.91 Å². The number of nitriles is 1. The van der Waals surface area contributed by atoms with E-state index in [2.05, 4.69) is 19.2 Å². The minimum absolute atomic E-state index is 0.118. The number of amides is 1. The monoisotopic (exact) mass is 280 g/mol. The molecular formula is C14H17ClN2O2. The van der Waals surface area contributed by atoms with Crippen LogP contribution in [0.2, 0.25) is 5.02 Å². The van der Waals surface area contributed by atoms with Crippen LogP contribution in [-0.4, -0.2) is 19.1 Å².